The first-order valence-corrected chi connectivity index (χ1v) is 15.2. The summed E-state index contributed by atoms with van der Waals surface area (Å²) < 4.78 is 26.6. The fourth-order valence-electron chi connectivity index (χ4n) is 4.03. The number of hydrogen-bond donors (Lipinski definition) is 1. The second kappa shape index (κ2) is 13.8. The Morgan fingerprint density at radius 2 is 1.56 bits per heavy atom. The highest BCUT2D eigenvalue weighted by atomic mass is 35.5. The van der Waals surface area contributed by atoms with E-state index in [0.29, 0.717) is 16.5 Å². The molecule has 0 saturated heterocycles. The fourth-order valence-corrected chi connectivity index (χ4v) is 5.18. The van der Waals surface area contributed by atoms with E-state index in [9.17, 15) is 18.0 Å². The molecule has 7 nitrogen and oxygen atoms in total. The SMILES string of the molecule is CC[C@H](C)NC(=O)[C@H](Cc1ccccc1)N(Cc1ccc(Cl)cc1)C(=O)CN(c1cccc(Cl)c1)S(C)(=O)=O. The van der Waals surface area contributed by atoms with Gasteiger partial charge in [-0.1, -0.05) is 78.7 Å². The zero-order valence-electron chi connectivity index (χ0n) is 22.2. The number of halogens is 2. The van der Waals surface area contributed by atoms with Gasteiger partial charge in [0.15, 0.2) is 0 Å². The summed E-state index contributed by atoms with van der Waals surface area (Å²) >= 11 is 12.2. The van der Waals surface area contributed by atoms with Crippen LogP contribution in [0.25, 0.3) is 0 Å². The van der Waals surface area contributed by atoms with Crippen LogP contribution < -0.4 is 9.62 Å². The van der Waals surface area contributed by atoms with E-state index in [1.165, 1.54) is 11.0 Å². The van der Waals surface area contributed by atoms with Crippen LogP contribution in [0.2, 0.25) is 10.0 Å². The average Bonchev–Trinajstić information content (AvgIpc) is 2.90. The Bertz CT molecular complexity index is 1370. The predicted molar refractivity (Wildman–Crippen MR) is 157 cm³/mol. The van der Waals surface area contributed by atoms with Crippen molar-refractivity contribution in [2.75, 3.05) is 17.1 Å². The maximum atomic E-state index is 14.0. The van der Waals surface area contributed by atoms with Gasteiger partial charge in [-0.3, -0.25) is 13.9 Å². The second-order valence-corrected chi connectivity index (χ2v) is 12.2. The topological polar surface area (TPSA) is 86.8 Å². The van der Waals surface area contributed by atoms with Gasteiger partial charge in [0.05, 0.1) is 11.9 Å². The lowest BCUT2D eigenvalue weighted by atomic mass is 10.0. The van der Waals surface area contributed by atoms with Crippen molar-refractivity contribution < 1.29 is 18.0 Å². The minimum Gasteiger partial charge on any atom is -0.352 e. The Labute approximate surface area is 240 Å². The summed E-state index contributed by atoms with van der Waals surface area (Å²) in [6.45, 7) is 3.43. The number of hydrogen-bond acceptors (Lipinski definition) is 4. The first kappa shape index (κ1) is 30.5. The van der Waals surface area contributed by atoms with Gasteiger partial charge in [0.2, 0.25) is 21.8 Å². The minimum absolute atomic E-state index is 0.0780. The number of sulfonamides is 1. The summed E-state index contributed by atoms with van der Waals surface area (Å²) in [5.41, 5.74) is 1.87. The largest absolute Gasteiger partial charge is 0.352 e. The van der Waals surface area contributed by atoms with E-state index in [-0.39, 0.29) is 30.6 Å². The molecule has 0 aromatic heterocycles. The monoisotopic (exact) mass is 589 g/mol. The molecule has 0 unspecified atom stereocenters. The molecule has 2 amide bonds. The minimum atomic E-state index is -3.86. The highest BCUT2D eigenvalue weighted by Gasteiger charge is 2.33. The van der Waals surface area contributed by atoms with Crippen LogP contribution in [0.3, 0.4) is 0 Å². The summed E-state index contributed by atoms with van der Waals surface area (Å²) in [5.74, 6) is -0.847. The van der Waals surface area contributed by atoms with Gasteiger partial charge in [-0.15, -0.1) is 0 Å². The molecule has 2 atom stereocenters. The molecule has 1 N–H and O–H groups in total. The first-order chi connectivity index (χ1) is 18.5. The van der Waals surface area contributed by atoms with Crippen molar-refractivity contribution in [3.8, 4) is 0 Å². The van der Waals surface area contributed by atoms with E-state index in [1.807, 2.05) is 44.2 Å². The van der Waals surface area contributed by atoms with Crippen molar-refractivity contribution in [2.45, 2.75) is 45.3 Å². The molecule has 0 spiro atoms. The molecule has 208 valence electrons. The van der Waals surface area contributed by atoms with Gasteiger partial charge in [-0.2, -0.15) is 0 Å². The Morgan fingerprint density at radius 3 is 2.15 bits per heavy atom. The van der Waals surface area contributed by atoms with Crippen LogP contribution >= 0.6 is 23.2 Å². The molecule has 3 aromatic carbocycles. The third-order valence-electron chi connectivity index (χ3n) is 6.31. The van der Waals surface area contributed by atoms with E-state index in [0.717, 1.165) is 21.7 Å². The molecule has 0 aliphatic heterocycles. The molecule has 0 aliphatic carbocycles. The Balaban J connectivity index is 2.05. The number of carbonyl (C=O) groups excluding carboxylic acids is 2. The van der Waals surface area contributed by atoms with Crippen LogP contribution in [-0.4, -0.2) is 50.0 Å². The first-order valence-electron chi connectivity index (χ1n) is 12.6. The summed E-state index contributed by atoms with van der Waals surface area (Å²) in [7, 11) is -3.86. The zero-order valence-corrected chi connectivity index (χ0v) is 24.5. The molecular weight excluding hydrogens is 557 g/mol. The molecule has 10 heteroatoms. The number of carbonyl (C=O) groups is 2. The molecule has 0 radical (unpaired) electrons. The van der Waals surface area contributed by atoms with Crippen molar-refractivity contribution in [1.82, 2.24) is 10.2 Å². The number of nitrogens with zero attached hydrogens (tertiary/aromatic N) is 2. The second-order valence-electron chi connectivity index (χ2n) is 9.42. The lowest BCUT2D eigenvalue weighted by Crippen LogP contribution is -2.54. The van der Waals surface area contributed by atoms with Gasteiger partial charge in [0.25, 0.3) is 0 Å². The molecule has 3 aromatic rings. The number of benzene rings is 3. The fraction of sp³-hybridized carbons (Fsp3) is 0.310. The van der Waals surface area contributed by atoms with Crippen molar-refractivity contribution in [2.24, 2.45) is 0 Å². The Hall–Kier alpha value is -3.07. The Kier molecular flexibility index (Phi) is 10.8. The molecule has 0 bridgehead atoms. The van der Waals surface area contributed by atoms with Gasteiger partial charge in [-0.05, 0) is 54.8 Å². The molecular formula is C29H33Cl2N3O4S. The quantitative estimate of drug-likeness (QED) is 0.310. The highest BCUT2D eigenvalue weighted by Crippen LogP contribution is 2.23. The van der Waals surface area contributed by atoms with Crippen molar-refractivity contribution in [3.05, 3.63) is 100 Å². The Morgan fingerprint density at radius 1 is 0.897 bits per heavy atom. The van der Waals surface area contributed by atoms with Crippen LogP contribution in [0.1, 0.15) is 31.4 Å². The van der Waals surface area contributed by atoms with Crippen LogP contribution in [0.15, 0.2) is 78.9 Å². The third kappa shape index (κ3) is 8.98. The van der Waals surface area contributed by atoms with Crippen molar-refractivity contribution in [1.29, 1.82) is 0 Å². The average molecular weight is 591 g/mol. The molecule has 39 heavy (non-hydrogen) atoms. The number of nitrogens with one attached hydrogen (secondary N) is 1. The van der Waals surface area contributed by atoms with E-state index in [2.05, 4.69) is 5.32 Å². The smallest absolute Gasteiger partial charge is 0.244 e. The van der Waals surface area contributed by atoms with E-state index < -0.39 is 28.5 Å². The molecule has 0 aliphatic rings. The van der Waals surface area contributed by atoms with Crippen LogP contribution in [0.5, 0.6) is 0 Å². The van der Waals surface area contributed by atoms with Gasteiger partial charge >= 0.3 is 0 Å². The van der Waals surface area contributed by atoms with Crippen LogP contribution in [0, 0.1) is 0 Å². The van der Waals surface area contributed by atoms with Crippen molar-refractivity contribution in [3.63, 3.8) is 0 Å². The van der Waals surface area contributed by atoms with Gasteiger partial charge in [0, 0.05) is 29.1 Å². The van der Waals surface area contributed by atoms with E-state index in [4.69, 9.17) is 23.2 Å². The zero-order chi connectivity index (χ0) is 28.6. The van der Waals surface area contributed by atoms with E-state index >= 15 is 0 Å². The maximum absolute atomic E-state index is 14.0. The van der Waals surface area contributed by atoms with Crippen molar-refractivity contribution >= 4 is 50.7 Å². The van der Waals surface area contributed by atoms with Gasteiger partial charge < -0.3 is 10.2 Å². The maximum Gasteiger partial charge on any atom is 0.244 e. The molecule has 0 fully saturated rings. The van der Waals surface area contributed by atoms with Crippen LogP contribution in [-0.2, 0) is 32.6 Å². The summed E-state index contributed by atoms with van der Waals surface area (Å²) in [4.78, 5) is 29.1. The standard InChI is InChI=1S/C29H33Cl2N3O4S/c1-4-21(2)32-29(36)27(17-22-9-6-5-7-10-22)33(19-23-13-15-24(30)16-14-23)28(35)20-34(39(3,37)38)26-12-8-11-25(31)18-26/h5-16,18,21,27H,4,17,19-20H2,1-3H3,(H,32,36)/t21-,27-/m0/s1. The lowest BCUT2D eigenvalue weighted by molar-refractivity contribution is -0.140. The third-order valence-corrected chi connectivity index (χ3v) is 7.94. The molecule has 3 rings (SSSR count). The number of rotatable bonds is 12. The highest BCUT2D eigenvalue weighted by molar-refractivity contribution is 7.92. The predicted octanol–water partition coefficient (Wildman–Crippen LogP) is 5.31. The number of anilines is 1. The summed E-state index contributed by atoms with van der Waals surface area (Å²) in [5, 5.41) is 3.87. The van der Waals surface area contributed by atoms with E-state index in [1.54, 1.807) is 42.5 Å². The van der Waals surface area contributed by atoms with Gasteiger partial charge in [0.1, 0.15) is 12.6 Å². The lowest BCUT2D eigenvalue weighted by Gasteiger charge is -2.34. The summed E-state index contributed by atoms with van der Waals surface area (Å²) in [6, 6.07) is 21.7. The summed E-state index contributed by atoms with van der Waals surface area (Å²) in [6.07, 6.45) is 1.99. The molecule has 0 heterocycles. The number of amides is 2. The molecule has 0 saturated carbocycles. The normalized spacial score (nSPS) is 12.8. The van der Waals surface area contributed by atoms with Crippen LogP contribution in [0.4, 0.5) is 5.69 Å². The van der Waals surface area contributed by atoms with Gasteiger partial charge in [-0.25, -0.2) is 8.42 Å².